The molecule has 0 rings (SSSR count). The van der Waals surface area contributed by atoms with Gasteiger partial charge in [0.1, 0.15) is 12.6 Å². The zero-order chi connectivity index (χ0) is 43.5. The minimum Gasteiger partial charge on any atom is -0.544 e. The van der Waals surface area contributed by atoms with E-state index >= 15 is 0 Å². The van der Waals surface area contributed by atoms with E-state index in [1.807, 2.05) is 0 Å². The summed E-state index contributed by atoms with van der Waals surface area (Å²) in [5.41, 5.74) is 0. The maximum Gasteiger partial charge on any atom is 0.306 e. The minimum absolute atomic E-state index is 0.0343. The molecule has 0 spiro atoms. The molecule has 0 aliphatic heterocycles. The number of likely N-dealkylation sites (N-methyl/N-ethyl adjacent to an activating group) is 1. The van der Waals surface area contributed by atoms with Crippen molar-refractivity contribution in [2.45, 2.75) is 206 Å². The lowest BCUT2D eigenvalue weighted by Crippen LogP contribution is -2.55. The number of carbonyl (C=O) groups excluding carboxylic acids is 3. The van der Waals surface area contributed by atoms with Crippen LogP contribution in [0.25, 0.3) is 0 Å². The number of carboxylic acids is 1. The zero-order valence-electron chi connectivity index (χ0n) is 38.7. The first-order valence-electron chi connectivity index (χ1n) is 23.8. The molecule has 0 saturated carbocycles. The van der Waals surface area contributed by atoms with Crippen molar-refractivity contribution < 1.29 is 38.2 Å². The maximum absolute atomic E-state index is 12.8. The molecule has 0 radical (unpaired) electrons. The molecule has 0 bridgehead atoms. The smallest absolute Gasteiger partial charge is 0.306 e. The van der Waals surface area contributed by atoms with Crippen molar-refractivity contribution in [2.75, 3.05) is 41.0 Å². The van der Waals surface area contributed by atoms with E-state index in [4.69, 9.17) is 14.2 Å². The Labute approximate surface area is 362 Å². The zero-order valence-corrected chi connectivity index (χ0v) is 38.7. The first-order chi connectivity index (χ1) is 28.6. The van der Waals surface area contributed by atoms with Crippen LogP contribution >= 0.6 is 0 Å². The van der Waals surface area contributed by atoms with Gasteiger partial charge < -0.3 is 28.6 Å². The predicted molar refractivity (Wildman–Crippen MR) is 245 cm³/mol. The summed E-state index contributed by atoms with van der Waals surface area (Å²) in [6.07, 6.45) is 51.0. The van der Waals surface area contributed by atoms with Crippen LogP contribution in [-0.2, 0) is 28.6 Å². The largest absolute Gasteiger partial charge is 0.544 e. The SMILES string of the molecule is CC/C=C/C/C=C/C/C=C/C/C=C/C/C=C/CCCCCCCCC(=O)OC(COCCC(C(=O)[O-])[N+](C)(C)C)COC(=O)CCCCCCCCCCCCCCC. The summed E-state index contributed by atoms with van der Waals surface area (Å²) in [6, 6.07) is -0.729. The summed E-state index contributed by atoms with van der Waals surface area (Å²) < 4.78 is 17.2. The van der Waals surface area contributed by atoms with E-state index in [1.54, 1.807) is 21.1 Å². The highest BCUT2D eigenvalue weighted by Gasteiger charge is 2.25. The number of esters is 2. The van der Waals surface area contributed by atoms with E-state index < -0.39 is 18.1 Å². The number of nitrogens with zero attached hydrogens (tertiary/aromatic N) is 1. The summed E-state index contributed by atoms with van der Waals surface area (Å²) in [6.45, 7) is 4.54. The lowest BCUT2D eigenvalue weighted by Gasteiger charge is -2.34. The summed E-state index contributed by atoms with van der Waals surface area (Å²) >= 11 is 0. The first kappa shape index (κ1) is 56.0. The molecule has 0 aliphatic carbocycles. The van der Waals surface area contributed by atoms with Crippen LogP contribution in [0.1, 0.15) is 194 Å². The van der Waals surface area contributed by atoms with Gasteiger partial charge in [0, 0.05) is 19.3 Å². The van der Waals surface area contributed by atoms with Gasteiger partial charge in [-0.25, -0.2) is 0 Å². The topological polar surface area (TPSA) is 102 Å². The number of rotatable bonds is 42. The number of aliphatic carboxylic acids is 1. The summed E-state index contributed by atoms with van der Waals surface area (Å²) in [4.78, 5) is 36.9. The Morgan fingerprint density at radius 1 is 0.525 bits per heavy atom. The Kier molecular flexibility index (Phi) is 39.6. The van der Waals surface area contributed by atoms with Crippen molar-refractivity contribution in [1.29, 1.82) is 0 Å². The Morgan fingerprint density at radius 2 is 0.949 bits per heavy atom. The van der Waals surface area contributed by atoms with Gasteiger partial charge in [0.2, 0.25) is 0 Å². The summed E-state index contributed by atoms with van der Waals surface area (Å²) in [5, 5.41) is 11.6. The molecule has 340 valence electrons. The van der Waals surface area contributed by atoms with Gasteiger partial charge in [-0.05, 0) is 57.8 Å². The summed E-state index contributed by atoms with van der Waals surface area (Å²) in [5.74, 6) is -1.75. The third-order valence-electron chi connectivity index (χ3n) is 10.4. The van der Waals surface area contributed by atoms with Crippen LogP contribution in [0, 0.1) is 0 Å². The van der Waals surface area contributed by atoms with Crippen LogP contribution in [0.15, 0.2) is 60.8 Å². The van der Waals surface area contributed by atoms with Gasteiger partial charge in [0.05, 0.1) is 40.3 Å². The van der Waals surface area contributed by atoms with E-state index in [-0.39, 0.29) is 42.7 Å². The van der Waals surface area contributed by atoms with Crippen molar-refractivity contribution >= 4 is 17.9 Å². The molecule has 59 heavy (non-hydrogen) atoms. The van der Waals surface area contributed by atoms with Gasteiger partial charge in [-0.2, -0.15) is 0 Å². The maximum atomic E-state index is 12.8. The van der Waals surface area contributed by atoms with Gasteiger partial charge in [0.25, 0.3) is 0 Å². The third kappa shape index (κ3) is 40.2. The molecule has 8 heteroatoms. The van der Waals surface area contributed by atoms with Crippen molar-refractivity contribution in [3.63, 3.8) is 0 Å². The van der Waals surface area contributed by atoms with E-state index in [1.165, 1.54) is 77.0 Å². The average molecular weight is 828 g/mol. The molecule has 0 saturated heterocycles. The fourth-order valence-corrected chi connectivity index (χ4v) is 6.74. The van der Waals surface area contributed by atoms with Crippen LogP contribution in [0.3, 0.4) is 0 Å². The Bertz CT molecular complexity index is 1150. The molecule has 0 fully saturated rings. The second kappa shape index (κ2) is 41.8. The van der Waals surface area contributed by atoms with Crippen LogP contribution in [0.5, 0.6) is 0 Å². The monoisotopic (exact) mass is 828 g/mol. The van der Waals surface area contributed by atoms with Crippen LogP contribution in [0.2, 0.25) is 0 Å². The predicted octanol–water partition coefficient (Wildman–Crippen LogP) is 12.0. The van der Waals surface area contributed by atoms with Crippen LogP contribution in [0.4, 0.5) is 0 Å². The number of allylic oxidation sites excluding steroid dienone is 10. The van der Waals surface area contributed by atoms with Crippen molar-refractivity contribution in [3.05, 3.63) is 60.8 Å². The molecule has 8 nitrogen and oxygen atoms in total. The van der Waals surface area contributed by atoms with E-state index in [9.17, 15) is 19.5 Å². The number of quaternary nitrogens is 1. The number of unbranched alkanes of at least 4 members (excludes halogenated alkanes) is 18. The third-order valence-corrected chi connectivity index (χ3v) is 10.4. The van der Waals surface area contributed by atoms with E-state index in [0.717, 1.165) is 83.5 Å². The number of carbonyl (C=O) groups is 3. The highest BCUT2D eigenvalue weighted by Crippen LogP contribution is 2.15. The number of hydrogen-bond acceptors (Lipinski definition) is 7. The first-order valence-corrected chi connectivity index (χ1v) is 23.8. The second-order valence-corrected chi connectivity index (χ2v) is 17.0. The molecule has 0 heterocycles. The Morgan fingerprint density at radius 3 is 1.41 bits per heavy atom. The molecule has 0 aromatic rings. The minimum atomic E-state index is -1.13. The quantitative estimate of drug-likeness (QED) is 0.0261. The molecular formula is C51H89NO7. The molecular weight excluding hydrogens is 739 g/mol. The number of hydrogen-bond donors (Lipinski definition) is 0. The molecule has 0 aromatic carbocycles. The number of carboxylic acid groups (broad SMARTS) is 1. The highest BCUT2D eigenvalue weighted by atomic mass is 16.6. The Hall–Kier alpha value is -2.97. The fraction of sp³-hybridized carbons (Fsp3) is 0.745. The van der Waals surface area contributed by atoms with E-state index in [2.05, 4.69) is 74.6 Å². The van der Waals surface area contributed by atoms with Crippen LogP contribution in [-0.4, -0.2) is 75.5 Å². The fourth-order valence-electron chi connectivity index (χ4n) is 6.74. The second-order valence-electron chi connectivity index (χ2n) is 17.0. The van der Waals surface area contributed by atoms with Gasteiger partial charge in [-0.1, -0.05) is 177 Å². The van der Waals surface area contributed by atoms with Gasteiger partial charge in [-0.3, -0.25) is 9.59 Å². The van der Waals surface area contributed by atoms with Crippen LogP contribution < -0.4 is 5.11 Å². The van der Waals surface area contributed by atoms with Gasteiger partial charge in [-0.15, -0.1) is 0 Å². The van der Waals surface area contributed by atoms with Crippen molar-refractivity contribution in [3.8, 4) is 0 Å². The molecule has 2 unspecified atom stereocenters. The molecule has 2 atom stereocenters. The van der Waals surface area contributed by atoms with Crippen molar-refractivity contribution in [2.24, 2.45) is 0 Å². The average Bonchev–Trinajstić information content (AvgIpc) is 3.19. The Balaban J connectivity index is 4.31. The molecule has 0 amide bonds. The lowest BCUT2D eigenvalue weighted by atomic mass is 10.0. The molecule has 0 N–H and O–H groups in total. The van der Waals surface area contributed by atoms with Crippen molar-refractivity contribution in [1.82, 2.24) is 0 Å². The standard InChI is InChI=1S/C51H89NO7/c1-6-8-10-12-14-16-18-20-21-22-23-24-25-26-27-28-30-32-34-36-38-40-42-50(54)59-47(45-57-44-43-48(51(55)56)52(3,4)5)46-58-49(53)41-39-37-35-33-31-29-19-17-15-13-11-9-7-2/h8,10,14,16,20-21,23-24,26-27,47-48H,6-7,9,11-13,15,17-19,22,25,28-46H2,1-5H3/b10-8+,16-14+,21-20+,24-23+,27-26+. The summed E-state index contributed by atoms with van der Waals surface area (Å²) in [7, 11) is 5.40. The highest BCUT2D eigenvalue weighted by molar-refractivity contribution is 5.70. The van der Waals surface area contributed by atoms with Gasteiger partial charge in [0.15, 0.2) is 6.10 Å². The molecule has 0 aromatic heterocycles. The molecule has 0 aliphatic rings. The van der Waals surface area contributed by atoms with E-state index in [0.29, 0.717) is 12.8 Å². The lowest BCUT2D eigenvalue weighted by molar-refractivity contribution is -0.889. The van der Waals surface area contributed by atoms with Gasteiger partial charge >= 0.3 is 11.9 Å². The normalized spacial score (nSPS) is 13.4. The number of ether oxygens (including phenoxy) is 3.